The van der Waals surface area contributed by atoms with Gasteiger partial charge in [-0.1, -0.05) is 5.21 Å². The molecule has 0 unspecified atom stereocenters. The number of hydrogen-bond acceptors (Lipinski definition) is 4. The molecule has 1 heterocycles. The Morgan fingerprint density at radius 3 is 2.67 bits per heavy atom. The average Bonchev–Trinajstić information content (AvgIpc) is 2.62. The predicted molar refractivity (Wildman–Crippen MR) is 60.4 cm³/mol. The molecule has 1 rings (SSSR count). The van der Waals surface area contributed by atoms with Gasteiger partial charge in [-0.15, -0.1) is 17.5 Å². The number of nitrogens with zero attached hydrogens (tertiary/aromatic N) is 4. The highest BCUT2D eigenvalue weighted by Crippen LogP contribution is 1.99. The quantitative estimate of drug-likeness (QED) is 0.707. The van der Waals surface area contributed by atoms with Gasteiger partial charge in [-0.3, -0.25) is 9.48 Å². The molecular weight excluding hydrogens is 216 g/mol. The number of rotatable bonds is 5. The van der Waals surface area contributed by atoms with E-state index in [-0.39, 0.29) is 18.2 Å². The summed E-state index contributed by atoms with van der Waals surface area (Å²) < 4.78 is 1.66. The van der Waals surface area contributed by atoms with Crippen LogP contribution in [0.25, 0.3) is 0 Å². The van der Waals surface area contributed by atoms with Crippen LogP contribution in [0.5, 0.6) is 0 Å². The van der Waals surface area contributed by atoms with E-state index in [0.29, 0.717) is 12.1 Å². The van der Waals surface area contributed by atoms with Crippen molar-refractivity contribution >= 4 is 18.2 Å². The molecule has 86 valence electrons. The molecule has 1 aromatic rings. The number of carbonyl (C=O) groups is 1. The Labute approximate surface area is 95.9 Å². The topological polar surface area (TPSA) is 51.0 Å². The molecular formula is C9H17ClN4O. The van der Waals surface area contributed by atoms with E-state index in [4.69, 9.17) is 0 Å². The maximum atomic E-state index is 11.5. The van der Waals surface area contributed by atoms with Crippen LogP contribution < -0.4 is 0 Å². The minimum Gasteiger partial charge on any atom is -0.309 e. The lowest BCUT2D eigenvalue weighted by molar-refractivity contribution is 0.0967. The van der Waals surface area contributed by atoms with Crippen LogP contribution in [0.1, 0.15) is 23.8 Å². The molecule has 0 amide bonds. The molecule has 0 fully saturated rings. The van der Waals surface area contributed by atoms with Gasteiger partial charge in [0.1, 0.15) is 5.69 Å². The number of hydrogen-bond donors (Lipinski definition) is 0. The first-order valence-corrected chi connectivity index (χ1v) is 4.71. The lowest BCUT2D eigenvalue weighted by Crippen LogP contribution is -2.16. The predicted octanol–water partition coefficient (Wildman–Crippen LogP) is 0.854. The summed E-state index contributed by atoms with van der Waals surface area (Å²) in [5, 5.41) is 7.62. The van der Waals surface area contributed by atoms with E-state index in [0.717, 1.165) is 13.1 Å². The molecule has 0 aliphatic rings. The smallest absolute Gasteiger partial charge is 0.185 e. The van der Waals surface area contributed by atoms with Gasteiger partial charge in [0, 0.05) is 19.5 Å². The molecule has 0 bridgehead atoms. The zero-order valence-corrected chi connectivity index (χ0v) is 10.1. The molecule has 0 spiro atoms. The number of ketones is 1. The summed E-state index contributed by atoms with van der Waals surface area (Å²) in [6, 6.07) is 0. The zero-order valence-electron chi connectivity index (χ0n) is 9.30. The molecule has 6 heteroatoms. The minimum absolute atomic E-state index is 0. The lowest BCUT2D eigenvalue weighted by Gasteiger charge is -2.06. The van der Waals surface area contributed by atoms with Crippen molar-refractivity contribution in [2.45, 2.75) is 19.9 Å². The van der Waals surface area contributed by atoms with Crippen molar-refractivity contribution in [3.8, 4) is 0 Å². The molecule has 0 atom stereocenters. The van der Waals surface area contributed by atoms with Crippen molar-refractivity contribution in [2.75, 3.05) is 20.6 Å². The van der Waals surface area contributed by atoms with Crippen molar-refractivity contribution in [1.29, 1.82) is 0 Å². The first kappa shape index (κ1) is 14.1. The van der Waals surface area contributed by atoms with E-state index in [9.17, 15) is 4.79 Å². The largest absolute Gasteiger partial charge is 0.309 e. The normalized spacial score (nSPS) is 10.1. The third-order valence-corrected chi connectivity index (χ3v) is 1.93. The fourth-order valence-corrected chi connectivity index (χ4v) is 1.03. The number of Topliss-reactive ketones (excluding diaryl/α,β-unsaturated/α-hetero) is 1. The van der Waals surface area contributed by atoms with E-state index in [2.05, 4.69) is 10.3 Å². The van der Waals surface area contributed by atoms with Crippen LogP contribution in [0, 0.1) is 0 Å². The van der Waals surface area contributed by atoms with Crippen molar-refractivity contribution in [3.63, 3.8) is 0 Å². The van der Waals surface area contributed by atoms with Crippen LogP contribution in [0.4, 0.5) is 0 Å². The van der Waals surface area contributed by atoms with E-state index in [1.165, 1.54) is 0 Å². The summed E-state index contributed by atoms with van der Waals surface area (Å²) in [5.74, 6) is 0.0541. The fourth-order valence-electron chi connectivity index (χ4n) is 1.03. The summed E-state index contributed by atoms with van der Waals surface area (Å²) in [6.45, 7) is 3.45. The highest BCUT2D eigenvalue weighted by molar-refractivity contribution is 5.93. The SMILES string of the molecule is CCn1cc(C(=O)CCN(C)C)nn1.Cl. The van der Waals surface area contributed by atoms with Crippen molar-refractivity contribution in [1.82, 2.24) is 19.9 Å². The van der Waals surface area contributed by atoms with Gasteiger partial charge in [-0.05, 0) is 21.0 Å². The number of aryl methyl sites for hydroxylation is 1. The monoisotopic (exact) mass is 232 g/mol. The molecule has 0 radical (unpaired) electrons. The van der Waals surface area contributed by atoms with Gasteiger partial charge in [0.2, 0.25) is 0 Å². The molecule has 0 aromatic carbocycles. The molecule has 0 N–H and O–H groups in total. The average molecular weight is 233 g/mol. The zero-order chi connectivity index (χ0) is 10.6. The fraction of sp³-hybridized carbons (Fsp3) is 0.667. The molecule has 0 aliphatic carbocycles. The van der Waals surface area contributed by atoms with Gasteiger partial charge >= 0.3 is 0 Å². The third kappa shape index (κ3) is 4.40. The summed E-state index contributed by atoms with van der Waals surface area (Å²) >= 11 is 0. The van der Waals surface area contributed by atoms with Crippen molar-refractivity contribution in [2.24, 2.45) is 0 Å². The highest BCUT2D eigenvalue weighted by Gasteiger charge is 2.10. The highest BCUT2D eigenvalue weighted by atomic mass is 35.5. The summed E-state index contributed by atoms with van der Waals surface area (Å²) in [6.07, 6.45) is 2.19. The Morgan fingerprint density at radius 2 is 2.20 bits per heavy atom. The van der Waals surface area contributed by atoms with Crippen LogP contribution in [0.3, 0.4) is 0 Å². The van der Waals surface area contributed by atoms with Crippen LogP contribution in [0.2, 0.25) is 0 Å². The Balaban J connectivity index is 0.00000196. The van der Waals surface area contributed by atoms with E-state index < -0.39 is 0 Å². The molecule has 5 nitrogen and oxygen atoms in total. The van der Waals surface area contributed by atoms with Gasteiger partial charge in [-0.25, -0.2) is 0 Å². The summed E-state index contributed by atoms with van der Waals surface area (Å²) in [5.41, 5.74) is 0.466. The van der Waals surface area contributed by atoms with E-state index in [1.807, 2.05) is 25.9 Å². The van der Waals surface area contributed by atoms with Crippen molar-refractivity contribution < 1.29 is 4.79 Å². The standard InChI is InChI=1S/C9H16N4O.ClH/c1-4-13-7-8(10-11-13)9(14)5-6-12(2)3;/h7H,4-6H2,1-3H3;1H. The molecule has 15 heavy (non-hydrogen) atoms. The maximum Gasteiger partial charge on any atom is 0.185 e. The van der Waals surface area contributed by atoms with Gasteiger partial charge in [0.15, 0.2) is 5.78 Å². The maximum absolute atomic E-state index is 11.5. The number of carbonyl (C=O) groups excluding carboxylic acids is 1. The summed E-state index contributed by atoms with van der Waals surface area (Å²) in [4.78, 5) is 13.5. The third-order valence-electron chi connectivity index (χ3n) is 1.93. The van der Waals surface area contributed by atoms with E-state index >= 15 is 0 Å². The second-order valence-electron chi connectivity index (χ2n) is 3.44. The molecule has 1 aromatic heterocycles. The Morgan fingerprint density at radius 1 is 1.53 bits per heavy atom. The van der Waals surface area contributed by atoms with Crippen molar-refractivity contribution in [3.05, 3.63) is 11.9 Å². The first-order valence-electron chi connectivity index (χ1n) is 4.71. The van der Waals surface area contributed by atoms with Gasteiger partial charge < -0.3 is 4.90 Å². The van der Waals surface area contributed by atoms with E-state index in [1.54, 1.807) is 10.9 Å². The molecule has 0 aliphatic heterocycles. The van der Waals surface area contributed by atoms with Crippen LogP contribution in [-0.4, -0.2) is 46.3 Å². The molecule has 0 saturated heterocycles. The van der Waals surface area contributed by atoms with Crippen LogP contribution >= 0.6 is 12.4 Å². The Kier molecular flexibility index (Phi) is 6.12. The minimum atomic E-state index is 0. The second kappa shape index (κ2) is 6.53. The summed E-state index contributed by atoms with van der Waals surface area (Å²) in [7, 11) is 3.88. The lowest BCUT2D eigenvalue weighted by atomic mass is 10.2. The Hall–Kier alpha value is -0.940. The number of aromatic nitrogens is 3. The van der Waals surface area contributed by atoms with Crippen LogP contribution in [-0.2, 0) is 6.54 Å². The first-order chi connectivity index (χ1) is 6.63. The van der Waals surface area contributed by atoms with Crippen LogP contribution in [0.15, 0.2) is 6.20 Å². The van der Waals surface area contributed by atoms with Gasteiger partial charge in [0.25, 0.3) is 0 Å². The van der Waals surface area contributed by atoms with Gasteiger partial charge in [0.05, 0.1) is 6.20 Å². The second-order valence-corrected chi connectivity index (χ2v) is 3.44. The number of halogens is 1. The Bertz CT molecular complexity index is 311. The van der Waals surface area contributed by atoms with Gasteiger partial charge in [-0.2, -0.15) is 0 Å². The molecule has 0 saturated carbocycles.